The Hall–Kier alpha value is -2.57. The summed E-state index contributed by atoms with van der Waals surface area (Å²) in [6.45, 7) is 4.72. The Morgan fingerprint density at radius 3 is 2.44 bits per heavy atom. The first-order valence-corrected chi connectivity index (χ1v) is 11.8. The molecule has 4 aromatic rings. The second-order valence-corrected chi connectivity index (χ2v) is 9.72. The molecule has 0 unspecified atom stereocenters. The molecule has 32 heavy (non-hydrogen) atoms. The van der Waals surface area contributed by atoms with Crippen molar-refractivity contribution in [3.8, 4) is 21.8 Å². The van der Waals surface area contributed by atoms with Gasteiger partial charge in [-0.1, -0.05) is 72.3 Å². The lowest BCUT2D eigenvalue weighted by molar-refractivity contribution is 0.160. The van der Waals surface area contributed by atoms with Crippen molar-refractivity contribution in [1.82, 2.24) is 15.3 Å². The van der Waals surface area contributed by atoms with Crippen molar-refractivity contribution in [2.24, 2.45) is 0 Å². The Kier molecular flexibility index (Phi) is 7.01. The number of β-amino-alcohol motifs (C(OH)–C–C–N with tert-alkyl or cyclic N) is 1. The van der Waals surface area contributed by atoms with Gasteiger partial charge in [0, 0.05) is 40.4 Å². The van der Waals surface area contributed by atoms with E-state index in [0.29, 0.717) is 11.7 Å². The average molecular weight is 464 g/mol. The molecule has 0 fully saturated rings. The van der Waals surface area contributed by atoms with E-state index in [0.717, 1.165) is 33.8 Å². The van der Waals surface area contributed by atoms with Gasteiger partial charge < -0.3 is 10.4 Å². The number of halogens is 1. The Morgan fingerprint density at radius 2 is 1.75 bits per heavy atom. The van der Waals surface area contributed by atoms with Crippen molar-refractivity contribution >= 4 is 22.9 Å². The van der Waals surface area contributed by atoms with Gasteiger partial charge in [-0.25, -0.2) is 9.97 Å². The highest BCUT2D eigenvalue weighted by Gasteiger charge is 2.20. The van der Waals surface area contributed by atoms with Crippen LogP contribution in [0.1, 0.15) is 31.1 Å². The zero-order chi connectivity index (χ0) is 22.6. The highest BCUT2D eigenvalue weighted by Crippen LogP contribution is 2.29. The predicted octanol–water partition coefficient (Wildman–Crippen LogP) is 6.17. The summed E-state index contributed by atoms with van der Waals surface area (Å²) >= 11 is 7.49. The van der Waals surface area contributed by atoms with Gasteiger partial charge in [-0.3, -0.25) is 0 Å². The number of aliphatic hydroxyl groups excluding tert-OH is 1. The first-order valence-electron chi connectivity index (χ1n) is 10.5. The topological polar surface area (TPSA) is 58.0 Å². The Labute approximate surface area is 198 Å². The summed E-state index contributed by atoms with van der Waals surface area (Å²) in [7, 11) is 0. The number of pyridine rings is 1. The molecule has 6 heteroatoms. The largest absolute Gasteiger partial charge is 0.387 e. The van der Waals surface area contributed by atoms with E-state index in [4.69, 9.17) is 16.6 Å². The zero-order valence-electron chi connectivity index (χ0n) is 18.1. The second-order valence-electron chi connectivity index (χ2n) is 8.47. The van der Waals surface area contributed by atoms with Crippen molar-refractivity contribution in [2.45, 2.75) is 31.9 Å². The molecule has 0 aliphatic rings. The van der Waals surface area contributed by atoms with Gasteiger partial charge in [-0.15, -0.1) is 11.3 Å². The van der Waals surface area contributed by atoms with Crippen LogP contribution in [0, 0.1) is 0 Å². The summed E-state index contributed by atoms with van der Waals surface area (Å²) in [6, 6.07) is 22.3. The fourth-order valence-corrected chi connectivity index (χ4v) is 4.51. The molecule has 0 saturated carbocycles. The molecule has 0 amide bonds. The number of rotatable bonds is 8. The van der Waals surface area contributed by atoms with Crippen molar-refractivity contribution in [3.05, 3.63) is 94.6 Å². The number of nitrogens with one attached hydrogen (secondary N) is 1. The molecule has 1 atom stereocenters. The number of hydrogen-bond donors (Lipinski definition) is 2. The van der Waals surface area contributed by atoms with Crippen LogP contribution in [0.3, 0.4) is 0 Å². The summed E-state index contributed by atoms with van der Waals surface area (Å²) in [5, 5.41) is 17.5. The first kappa shape index (κ1) is 22.6. The van der Waals surface area contributed by atoms with Crippen molar-refractivity contribution in [3.63, 3.8) is 0 Å². The van der Waals surface area contributed by atoms with Crippen LogP contribution < -0.4 is 5.32 Å². The van der Waals surface area contributed by atoms with Gasteiger partial charge in [0.15, 0.2) is 0 Å². The number of benzene rings is 2. The lowest BCUT2D eigenvalue weighted by Gasteiger charge is -2.28. The molecule has 0 aliphatic carbocycles. The minimum atomic E-state index is -0.634. The number of nitrogens with zero attached hydrogens (tertiary/aromatic N) is 2. The smallest absolute Gasteiger partial charge is 0.129 e. The van der Waals surface area contributed by atoms with E-state index in [1.807, 2.05) is 18.2 Å². The van der Waals surface area contributed by atoms with Gasteiger partial charge in [0.05, 0.1) is 11.8 Å². The van der Waals surface area contributed by atoms with Crippen molar-refractivity contribution < 1.29 is 5.11 Å². The Bertz CT molecular complexity index is 1140. The maximum absolute atomic E-state index is 10.4. The van der Waals surface area contributed by atoms with Crippen LogP contribution in [0.2, 0.25) is 5.15 Å². The Morgan fingerprint density at radius 1 is 1.00 bits per heavy atom. The third kappa shape index (κ3) is 5.81. The van der Waals surface area contributed by atoms with Crippen LogP contribution in [0.15, 0.2) is 78.3 Å². The highest BCUT2D eigenvalue weighted by molar-refractivity contribution is 7.13. The van der Waals surface area contributed by atoms with E-state index in [9.17, 15) is 5.11 Å². The van der Waals surface area contributed by atoms with Gasteiger partial charge >= 0.3 is 0 Å². The van der Waals surface area contributed by atoms with Gasteiger partial charge in [-0.05, 0) is 31.9 Å². The molecule has 0 saturated heterocycles. The first-order chi connectivity index (χ1) is 15.4. The highest BCUT2D eigenvalue weighted by atomic mass is 35.5. The molecule has 4 nitrogen and oxygen atoms in total. The summed E-state index contributed by atoms with van der Waals surface area (Å²) < 4.78 is 0. The van der Waals surface area contributed by atoms with Gasteiger partial charge in [0.1, 0.15) is 10.2 Å². The van der Waals surface area contributed by atoms with E-state index in [1.54, 1.807) is 29.7 Å². The van der Waals surface area contributed by atoms with Gasteiger partial charge in [-0.2, -0.15) is 0 Å². The molecule has 2 heterocycles. The van der Waals surface area contributed by atoms with Gasteiger partial charge in [0.25, 0.3) is 0 Å². The molecular weight excluding hydrogens is 438 g/mol. The quantitative estimate of drug-likeness (QED) is 0.307. The lowest BCUT2D eigenvalue weighted by atomic mass is 9.93. The maximum Gasteiger partial charge on any atom is 0.129 e. The standard InChI is InChI=1S/C26H26ClN3OS/c1-26(2,29-16-23(31)21-12-13-24(27)28-15-21)14-18-8-10-19(11-9-18)22-17-32-25(30-22)20-6-4-3-5-7-20/h3-13,15,17,23,29,31H,14,16H2,1-2H3/t23-/m0/s1. The second kappa shape index (κ2) is 9.92. The predicted molar refractivity (Wildman–Crippen MR) is 133 cm³/mol. The van der Waals surface area contributed by atoms with Crippen LogP contribution >= 0.6 is 22.9 Å². The molecule has 4 rings (SSSR count). The molecule has 0 spiro atoms. The molecule has 164 valence electrons. The minimum Gasteiger partial charge on any atom is -0.387 e. The third-order valence-electron chi connectivity index (χ3n) is 5.33. The number of aromatic nitrogens is 2. The maximum atomic E-state index is 10.4. The molecule has 0 bridgehead atoms. The van der Waals surface area contributed by atoms with E-state index in [1.165, 1.54) is 5.56 Å². The van der Waals surface area contributed by atoms with Crippen molar-refractivity contribution in [1.29, 1.82) is 0 Å². The van der Waals surface area contributed by atoms with Crippen LogP contribution in [-0.2, 0) is 6.42 Å². The van der Waals surface area contributed by atoms with E-state index in [-0.39, 0.29) is 5.54 Å². The fourth-order valence-electron chi connectivity index (χ4n) is 3.56. The summed E-state index contributed by atoms with van der Waals surface area (Å²) in [4.78, 5) is 8.84. The number of thiazole rings is 1. The molecular formula is C26H26ClN3OS. The number of aliphatic hydroxyl groups is 1. The number of hydrogen-bond acceptors (Lipinski definition) is 5. The molecule has 2 aromatic carbocycles. The molecule has 2 N–H and O–H groups in total. The van der Waals surface area contributed by atoms with E-state index in [2.05, 4.69) is 65.9 Å². The summed E-state index contributed by atoms with van der Waals surface area (Å²) in [5.41, 5.74) is 5.06. The lowest BCUT2D eigenvalue weighted by Crippen LogP contribution is -2.43. The van der Waals surface area contributed by atoms with E-state index >= 15 is 0 Å². The van der Waals surface area contributed by atoms with Gasteiger partial charge in [0.2, 0.25) is 0 Å². The molecule has 2 aromatic heterocycles. The normalized spacial score (nSPS) is 12.6. The average Bonchev–Trinajstić information content (AvgIpc) is 3.29. The monoisotopic (exact) mass is 463 g/mol. The zero-order valence-corrected chi connectivity index (χ0v) is 19.7. The van der Waals surface area contributed by atoms with Crippen LogP contribution in [0.4, 0.5) is 0 Å². The Balaban J connectivity index is 1.36. The van der Waals surface area contributed by atoms with Crippen molar-refractivity contribution in [2.75, 3.05) is 6.54 Å². The summed E-state index contributed by atoms with van der Waals surface area (Å²) in [5.74, 6) is 0. The van der Waals surface area contributed by atoms with Crippen LogP contribution in [0.5, 0.6) is 0 Å². The molecule has 0 aliphatic heterocycles. The van der Waals surface area contributed by atoms with E-state index < -0.39 is 6.10 Å². The third-order valence-corrected chi connectivity index (χ3v) is 6.44. The molecule has 0 radical (unpaired) electrons. The minimum absolute atomic E-state index is 0.177. The van der Waals surface area contributed by atoms with Crippen LogP contribution in [-0.4, -0.2) is 27.2 Å². The SMILES string of the molecule is CC(C)(Cc1ccc(-c2csc(-c3ccccc3)n2)cc1)NC[C@H](O)c1ccc(Cl)nc1. The summed E-state index contributed by atoms with van der Waals surface area (Å²) in [6.07, 6.45) is 1.82. The van der Waals surface area contributed by atoms with Crippen LogP contribution in [0.25, 0.3) is 21.8 Å². The fraction of sp³-hybridized carbons (Fsp3) is 0.231.